The van der Waals surface area contributed by atoms with Crippen molar-refractivity contribution in [1.82, 2.24) is 19.6 Å². The highest BCUT2D eigenvalue weighted by Gasteiger charge is 2.29. The summed E-state index contributed by atoms with van der Waals surface area (Å²) >= 11 is 0. The summed E-state index contributed by atoms with van der Waals surface area (Å²) in [5.74, 6) is 0. The van der Waals surface area contributed by atoms with Gasteiger partial charge in [-0.2, -0.15) is 0 Å². The van der Waals surface area contributed by atoms with Crippen LogP contribution in [-0.4, -0.2) is 105 Å². The van der Waals surface area contributed by atoms with Gasteiger partial charge in [0.05, 0.1) is 0 Å². The number of hydrogen-bond donors (Lipinski definition) is 0. The maximum absolute atomic E-state index is 12.7. The number of carbonyl (C=O) groups is 1. The van der Waals surface area contributed by atoms with Crippen molar-refractivity contribution in [2.45, 2.75) is 31.7 Å². The molecule has 2 saturated heterocycles. The zero-order chi connectivity index (χ0) is 16.7. The molecule has 0 aromatic heterocycles. The standard InChI is InChI=1S/C17H34N4O2/c1-18-10-12-20(13-11-18)16-7-4-5-9-21(15-16)17(22)19(2)8-6-14-23-3/h16H,4-15H2,1-3H3. The first-order valence-electron chi connectivity index (χ1n) is 9.03. The van der Waals surface area contributed by atoms with E-state index in [0.717, 1.165) is 58.7 Å². The molecule has 2 aliphatic rings. The molecule has 1 atom stereocenters. The Labute approximate surface area is 141 Å². The van der Waals surface area contributed by atoms with E-state index in [0.29, 0.717) is 12.6 Å². The molecule has 0 aromatic rings. The number of hydrogen-bond acceptors (Lipinski definition) is 4. The summed E-state index contributed by atoms with van der Waals surface area (Å²) in [6.07, 6.45) is 4.48. The summed E-state index contributed by atoms with van der Waals surface area (Å²) in [4.78, 5) is 21.6. The van der Waals surface area contributed by atoms with Gasteiger partial charge in [0.15, 0.2) is 0 Å². The van der Waals surface area contributed by atoms with Crippen LogP contribution in [0.5, 0.6) is 0 Å². The Morgan fingerprint density at radius 3 is 2.61 bits per heavy atom. The third-order valence-electron chi connectivity index (χ3n) is 5.14. The van der Waals surface area contributed by atoms with E-state index < -0.39 is 0 Å². The Bertz CT molecular complexity index is 359. The second-order valence-electron chi connectivity index (χ2n) is 6.99. The zero-order valence-electron chi connectivity index (χ0n) is 15.2. The van der Waals surface area contributed by atoms with Gasteiger partial charge in [-0.25, -0.2) is 4.79 Å². The van der Waals surface area contributed by atoms with Crippen LogP contribution >= 0.6 is 0 Å². The number of urea groups is 1. The molecule has 0 bridgehead atoms. The third-order valence-corrected chi connectivity index (χ3v) is 5.14. The number of piperazine rings is 1. The van der Waals surface area contributed by atoms with Crippen LogP contribution in [0.1, 0.15) is 25.7 Å². The van der Waals surface area contributed by atoms with Crippen molar-refractivity contribution in [1.29, 1.82) is 0 Å². The van der Waals surface area contributed by atoms with Crippen LogP contribution in [0.25, 0.3) is 0 Å². The van der Waals surface area contributed by atoms with Crippen molar-refractivity contribution < 1.29 is 9.53 Å². The second-order valence-corrected chi connectivity index (χ2v) is 6.99. The van der Waals surface area contributed by atoms with Gasteiger partial charge in [-0.3, -0.25) is 4.90 Å². The second kappa shape index (κ2) is 9.45. The summed E-state index contributed by atoms with van der Waals surface area (Å²) in [5.41, 5.74) is 0. The SMILES string of the molecule is COCCCN(C)C(=O)N1CCCCC(N2CCN(C)CC2)C1. The minimum absolute atomic E-state index is 0.183. The summed E-state index contributed by atoms with van der Waals surface area (Å²) < 4.78 is 5.08. The Balaban J connectivity index is 1.86. The lowest BCUT2D eigenvalue weighted by atomic mass is 10.1. The molecule has 0 saturated carbocycles. The fraction of sp³-hybridized carbons (Fsp3) is 0.941. The van der Waals surface area contributed by atoms with E-state index in [9.17, 15) is 4.79 Å². The lowest BCUT2D eigenvalue weighted by Gasteiger charge is -2.39. The van der Waals surface area contributed by atoms with E-state index >= 15 is 0 Å². The highest BCUT2D eigenvalue weighted by atomic mass is 16.5. The van der Waals surface area contributed by atoms with Crippen molar-refractivity contribution in [2.24, 2.45) is 0 Å². The maximum atomic E-state index is 12.7. The molecule has 0 aromatic carbocycles. The van der Waals surface area contributed by atoms with Crippen molar-refractivity contribution in [3.8, 4) is 0 Å². The van der Waals surface area contributed by atoms with Crippen molar-refractivity contribution in [2.75, 3.05) is 73.6 Å². The van der Waals surface area contributed by atoms with E-state index in [1.807, 2.05) is 11.9 Å². The Hall–Kier alpha value is -0.850. The van der Waals surface area contributed by atoms with E-state index in [1.54, 1.807) is 7.11 Å². The predicted octanol–water partition coefficient (Wildman–Crippen LogP) is 1.18. The number of amides is 2. The molecule has 0 aliphatic carbocycles. The molecule has 0 radical (unpaired) electrons. The van der Waals surface area contributed by atoms with Gasteiger partial charge in [-0.1, -0.05) is 6.42 Å². The van der Waals surface area contributed by atoms with Gasteiger partial charge in [-0.05, 0) is 26.3 Å². The van der Waals surface area contributed by atoms with Gasteiger partial charge in [-0.15, -0.1) is 0 Å². The molecule has 2 heterocycles. The summed E-state index contributed by atoms with van der Waals surface area (Å²) in [6.45, 7) is 7.81. The molecule has 134 valence electrons. The molecule has 0 spiro atoms. The highest BCUT2D eigenvalue weighted by Crippen LogP contribution is 2.18. The minimum Gasteiger partial charge on any atom is -0.385 e. The van der Waals surface area contributed by atoms with Crippen LogP contribution in [0.2, 0.25) is 0 Å². The number of ether oxygens (including phenoxy) is 1. The lowest BCUT2D eigenvalue weighted by molar-refractivity contribution is 0.0882. The van der Waals surface area contributed by atoms with Crippen molar-refractivity contribution in [3.05, 3.63) is 0 Å². The Kier molecular flexibility index (Phi) is 7.59. The highest BCUT2D eigenvalue weighted by molar-refractivity contribution is 5.74. The molecule has 0 N–H and O–H groups in total. The minimum atomic E-state index is 0.183. The number of carbonyl (C=O) groups excluding carboxylic acids is 1. The first-order valence-corrected chi connectivity index (χ1v) is 9.03. The fourth-order valence-electron chi connectivity index (χ4n) is 3.56. The van der Waals surface area contributed by atoms with Crippen LogP contribution in [0.15, 0.2) is 0 Å². The Morgan fingerprint density at radius 2 is 1.91 bits per heavy atom. The van der Waals surface area contributed by atoms with Gasteiger partial charge < -0.3 is 19.4 Å². The molecular formula is C17H34N4O2. The zero-order valence-corrected chi connectivity index (χ0v) is 15.2. The van der Waals surface area contributed by atoms with Crippen LogP contribution in [0.4, 0.5) is 4.79 Å². The van der Waals surface area contributed by atoms with Gasteiger partial charge in [0.25, 0.3) is 0 Å². The van der Waals surface area contributed by atoms with Crippen LogP contribution in [-0.2, 0) is 4.74 Å². The van der Waals surface area contributed by atoms with Crippen LogP contribution in [0, 0.1) is 0 Å². The number of nitrogens with zero attached hydrogens (tertiary/aromatic N) is 4. The number of rotatable bonds is 5. The molecule has 2 rings (SSSR count). The van der Waals surface area contributed by atoms with Gasteiger partial charge in [0.1, 0.15) is 0 Å². The molecule has 2 amide bonds. The van der Waals surface area contributed by atoms with Gasteiger partial charge in [0.2, 0.25) is 0 Å². The van der Waals surface area contributed by atoms with Crippen molar-refractivity contribution in [3.63, 3.8) is 0 Å². The van der Waals surface area contributed by atoms with E-state index in [1.165, 1.54) is 12.8 Å². The summed E-state index contributed by atoms with van der Waals surface area (Å²) in [5, 5.41) is 0. The third kappa shape index (κ3) is 5.62. The van der Waals surface area contributed by atoms with E-state index in [4.69, 9.17) is 4.74 Å². The first-order chi connectivity index (χ1) is 11.1. The number of likely N-dealkylation sites (tertiary alicyclic amines) is 1. The topological polar surface area (TPSA) is 39.3 Å². The molecule has 6 heteroatoms. The smallest absolute Gasteiger partial charge is 0.319 e. The van der Waals surface area contributed by atoms with Gasteiger partial charge in [0, 0.05) is 72.6 Å². The molecular weight excluding hydrogens is 292 g/mol. The largest absolute Gasteiger partial charge is 0.385 e. The predicted molar refractivity (Wildman–Crippen MR) is 92.8 cm³/mol. The van der Waals surface area contributed by atoms with Crippen LogP contribution < -0.4 is 0 Å². The first kappa shape index (κ1) is 18.5. The molecule has 23 heavy (non-hydrogen) atoms. The number of likely N-dealkylation sites (N-methyl/N-ethyl adjacent to an activating group) is 1. The Morgan fingerprint density at radius 1 is 1.17 bits per heavy atom. The fourth-order valence-corrected chi connectivity index (χ4v) is 3.56. The van der Waals surface area contributed by atoms with Crippen molar-refractivity contribution >= 4 is 6.03 Å². The quantitative estimate of drug-likeness (QED) is 0.711. The average molecular weight is 326 g/mol. The molecule has 2 fully saturated rings. The van der Waals surface area contributed by atoms with E-state index in [-0.39, 0.29) is 6.03 Å². The molecule has 1 unspecified atom stereocenters. The van der Waals surface area contributed by atoms with Crippen LogP contribution in [0.3, 0.4) is 0 Å². The number of methoxy groups -OCH3 is 1. The van der Waals surface area contributed by atoms with E-state index in [2.05, 4.69) is 21.7 Å². The maximum Gasteiger partial charge on any atom is 0.319 e. The molecule has 2 aliphatic heterocycles. The molecule has 6 nitrogen and oxygen atoms in total. The summed E-state index contributed by atoms with van der Waals surface area (Å²) in [7, 11) is 5.81. The normalized spacial score (nSPS) is 24.5. The average Bonchev–Trinajstić information content (AvgIpc) is 2.81. The summed E-state index contributed by atoms with van der Waals surface area (Å²) in [6, 6.07) is 0.713. The van der Waals surface area contributed by atoms with Gasteiger partial charge >= 0.3 is 6.03 Å². The lowest BCUT2D eigenvalue weighted by Crippen LogP contribution is -2.53. The monoisotopic (exact) mass is 326 g/mol.